The van der Waals surface area contributed by atoms with Crippen molar-refractivity contribution in [3.05, 3.63) is 22.7 Å². The highest BCUT2D eigenvalue weighted by Crippen LogP contribution is 2.31. The van der Waals surface area contributed by atoms with Gasteiger partial charge in [0.15, 0.2) is 0 Å². The number of nitrogens with one attached hydrogen (secondary N) is 1. The van der Waals surface area contributed by atoms with Crippen molar-refractivity contribution in [3.63, 3.8) is 0 Å². The fourth-order valence-corrected chi connectivity index (χ4v) is 2.86. The maximum Gasteiger partial charge on any atom is 0.142 e. The number of ether oxygens (including phenoxy) is 2. The lowest BCUT2D eigenvalue weighted by Gasteiger charge is -2.30. The predicted octanol–water partition coefficient (Wildman–Crippen LogP) is 3.83. The summed E-state index contributed by atoms with van der Waals surface area (Å²) in [5.74, 6) is 0.887. The molecule has 0 bridgehead atoms. The Bertz CT molecular complexity index is 397. The van der Waals surface area contributed by atoms with Crippen LogP contribution in [0.1, 0.15) is 25.7 Å². The van der Waals surface area contributed by atoms with E-state index in [0.29, 0.717) is 12.1 Å². The lowest BCUT2D eigenvalue weighted by Crippen LogP contribution is -2.31. The third kappa shape index (κ3) is 3.39. The van der Waals surface area contributed by atoms with Crippen molar-refractivity contribution in [1.82, 2.24) is 0 Å². The number of methoxy groups -OCH3 is 2. The lowest BCUT2D eigenvalue weighted by atomic mass is 9.92. The molecule has 0 saturated heterocycles. The Balaban J connectivity index is 2.06. The molecule has 0 amide bonds. The summed E-state index contributed by atoms with van der Waals surface area (Å²) in [7, 11) is 3.50. The molecule has 1 fully saturated rings. The van der Waals surface area contributed by atoms with Crippen molar-refractivity contribution in [1.29, 1.82) is 0 Å². The van der Waals surface area contributed by atoms with Crippen molar-refractivity contribution in [3.8, 4) is 5.75 Å². The third-order valence-corrected chi connectivity index (χ3v) is 3.97. The van der Waals surface area contributed by atoms with Gasteiger partial charge < -0.3 is 14.8 Å². The fraction of sp³-hybridized carbons (Fsp3) is 0.571. The van der Waals surface area contributed by atoms with E-state index in [1.165, 1.54) is 19.3 Å². The fourth-order valence-electron chi connectivity index (χ4n) is 2.50. The molecule has 0 heterocycles. The normalized spacial score (nSPS) is 23.7. The van der Waals surface area contributed by atoms with Crippen LogP contribution < -0.4 is 10.1 Å². The first-order valence-electron chi connectivity index (χ1n) is 6.36. The van der Waals surface area contributed by atoms with Gasteiger partial charge >= 0.3 is 0 Å². The molecule has 1 aromatic carbocycles. The maximum atomic E-state index is 5.46. The average Bonchev–Trinajstić information content (AvgIpc) is 2.39. The molecule has 0 aromatic heterocycles. The van der Waals surface area contributed by atoms with Gasteiger partial charge in [-0.2, -0.15) is 0 Å². The van der Waals surface area contributed by atoms with E-state index in [1.807, 2.05) is 12.1 Å². The predicted molar refractivity (Wildman–Crippen MR) is 77.4 cm³/mol. The quantitative estimate of drug-likeness (QED) is 0.916. The van der Waals surface area contributed by atoms with Gasteiger partial charge in [0.2, 0.25) is 0 Å². The van der Waals surface area contributed by atoms with Crippen LogP contribution in [0.15, 0.2) is 22.7 Å². The largest absolute Gasteiger partial charge is 0.495 e. The average molecular weight is 314 g/mol. The van der Waals surface area contributed by atoms with Gasteiger partial charge in [-0.05, 0) is 43.9 Å². The summed E-state index contributed by atoms with van der Waals surface area (Å²) in [6.07, 6.45) is 5.02. The molecule has 1 aliphatic rings. The maximum absolute atomic E-state index is 5.46. The number of hydrogen-bond acceptors (Lipinski definition) is 3. The molecule has 0 spiro atoms. The Labute approximate surface area is 117 Å². The third-order valence-electron chi connectivity index (χ3n) is 3.48. The summed E-state index contributed by atoms with van der Waals surface area (Å²) in [6, 6.07) is 6.49. The van der Waals surface area contributed by atoms with Crippen LogP contribution in [-0.4, -0.2) is 26.4 Å². The van der Waals surface area contributed by atoms with Gasteiger partial charge in [-0.15, -0.1) is 0 Å². The molecule has 0 aliphatic heterocycles. The van der Waals surface area contributed by atoms with Crippen LogP contribution >= 0.6 is 15.9 Å². The Hall–Kier alpha value is -0.740. The van der Waals surface area contributed by atoms with Crippen molar-refractivity contribution < 1.29 is 9.47 Å². The smallest absolute Gasteiger partial charge is 0.142 e. The van der Waals surface area contributed by atoms with Crippen LogP contribution in [0.2, 0.25) is 0 Å². The van der Waals surface area contributed by atoms with E-state index in [-0.39, 0.29) is 0 Å². The van der Waals surface area contributed by atoms with Gasteiger partial charge in [0.1, 0.15) is 5.75 Å². The molecule has 1 saturated carbocycles. The number of benzene rings is 1. The highest BCUT2D eigenvalue weighted by molar-refractivity contribution is 9.10. The first-order valence-corrected chi connectivity index (χ1v) is 7.15. The number of anilines is 1. The van der Waals surface area contributed by atoms with E-state index in [1.54, 1.807) is 14.2 Å². The summed E-state index contributed by atoms with van der Waals surface area (Å²) in [5.41, 5.74) is 1.05. The zero-order chi connectivity index (χ0) is 13.0. The molecular formula is C14H20BrNO2. The molecule has 2 rings (SSSR count). The summed E-state index contributed by atoms with van der Waals surface area (Å²) >= 11 is 3.50. The summed E-state index contributed by atoms with van der Waals surface area (Å²) < 4.78 is 11.9. The van der Waals surface area contributed by atoms with Gasteiger partial charge in [0, 0.05) is 17.6 Å². The molecule has 100 valence electrons. The Morgan fingerprint density at radius 1 is 1.28 bits per heavy atom. The monoisotopic (exact) mass is 313 g/mol. The van der Waals surface area contributed by atoms with Crippen molar-refractivity contribution in [2.24, 2.45) is 0 Å². The van der Waals surface area contributed by atoms with Gasteiger partial charge in [-0.3, -0.25) is 0 Å². The first-order chi connectivity index (χ1) is 8.72. The van der Waals surface area contributed by atoms with Gasteiger partial charge in [-0.1, -0.05) is 15.9 Å². The molecule has 1 N–H and O–H groups in total. The van der Waals surface area contributed by atoms with Crippen LogP contribution in [0.25, 0.3) is 0 Å². The molecule has 2 unspecified atom stereocenters. The summed E-state index contributed by atoms with van der Waals surface area (Å²) in [4.78, 5) is 0. The molecule has 18 heavy (non-hydrogen) atoms. The molecule has 1 aromatic rings. The van der Waals surface area contributed by atoms with Crippen molar-refractivity contribution >= 4 is 21.6 Å². The van der Waals surface area contributed by atoms with E-state index in [4.69, 9.17) is 9.47 Å². The zero-order valence-electron chi connectivity index (χ0n) is 10.9. The zero-order valence-corrected chi connectivity index (χ0v) is 12.5. The van der Waals surface area contributed by atoms with Crippen molar-refractivity contribution in [2.45, 2.75) is 37.8 Å². The van der Waals surface area contributed by atoms with Crippen molar-refractivity contribution in [2.75, 3.05) is 19.5 Å². The second kappa shape index (κ2) is 6.43. The van der Waals surface area contributed by atoms with E-state index >= 15 is 0 Å². The summed E-state index contributed by atoms with van der Waals surface area (Å²) in [6.45, 7) is 0. The SMILES string of the molecule is COc1ccc(Br)cc1NC1CCCC(OC)C1. The Kier molecular flexibility index (Phi) is 4.89. The molecule has 3 nitrogen and oxygen atoms in total. The summed E-state index contributed by atoms with van der Waals surface area (Å²) in [5, 5.41) is 3.57. The highest BCUT2D eigenvalue weighted by atomic mass is 79.9. The topological polar surface area (TPSA) is 30.5 Å². The minimum atomic E-state index is 0.384. The van der Waals surface area contributed by atoms with Crippen LogP contribution in [-0.2, 0) is 4.74 Å². The van der Waals surface area contributed by atoms with Crippen LogP contribution in [0.4, 0.5) is 5.69 Å². The molecule has 4 heteroatoms. The first kappa shape index (κ1) is 13.7. The van der Waals surface area contributed by atoms with E-state index in [0.717, 1.165) is 22.3 Å². The van der Waals surface area contributed by atoms with Crippen LogP contribution in [0.5, 0.6) is 5.75 Å². The molecule has 2 atom stereocenters. The number of halogens is 1. The number of hydrogen-bond donors (Lipinski definition) is 1. The molecule has 1 aliphatic carbocycles. The van der Waals surface area contributed by atoms with E-state index < -0.39 is 0 Å². The van der Waals surface area contributed by atoms with Gasteiger partial charge in [-0.25, -0.2) is 0 Å². The van der Waals surface area contributed by atoms with Gasteiger partial charge in [0.25, 0.3) is 0 Å². The second-order valence-electron chi connectivity index (χ2n) is 4.71. The minimum absolute atomic E-state index is 0.384. The number of rotatable bonds is 4. The minimum Gasteiger partial charge on any atom is -0.495 e. The second-order valence-corrected chi connectivity index (χ2v) is 5.63. The van der Waals surface area contributed by atoms with Crippen LogP contribution in [0.3, 0.4) is 0 Å². The standard InChI is InChI=1S/C14H20BrNO2/c1-17-12-5-3-4-11(9-12)16-13-8-10(15)6-7-14(13)18-2/h6-8,11-12,16H,3-5,9H2,1-2H3. The van der Waals surface area contributed by atoms with Gasteiger partial charge in [0.05, 0.1) is 18.9 Å². The van der Waals surface area contributed by atoms with E-state index in [9.17, 15) is 0 Å². The molecular weight excluding hydrogens is 294 g/mol. The lowest BCUT2D eigenvalue weighted by molar-refractivity contribution is 0.0669. The Morgan fingerprint density at radius 2 is 2.11 bits per heavy atom. The Morgan fingerprint density at radius 3 is 2.83 bits per heavy atom. The van der Waals surface area contributed by atoms with Crippen LogP contribution in [0, 0.1) is 0 Å². The van der Waals surface area contributed by atoms with E-state index in [2.05, 4.69) is 27.3 Å². The molecule has 0 radical (unpaired) electrons. The highest BCUT2D eigenvalue weighted by Gasteiger charge is 2.22.